The first kappa shape index (κ1) is 11.4. The van der Waals surface area contributed by atoms with E-state index in [0.29, 0.717) is 12.4 Å². The summed E-state index contributed by atoms with van der Waals surface area (Å²) in [5, 5.41) is 15.0. The molecule has 15 heavy (non-hydrogen) atoms. The van der Waals surface area contributed by atoms with Crippen molar-refractivity contribution in [1.82, 2.24) is 15.2 Å². The molecule has 82 valence electrons. The average molecular weight is 228 g/mol. The molecule has 0 aliphatic heterocycles. The molecular weight excluding hydrogens is 216 g/mol. The van der Waals surface area contributed by atoms with Crippen molar-refractivity contribution in [2.24, 2.45) is 0 Å². The van der Waals surface area contributed by atoms with Crippen LogP contribution in [0.25, 0.3) is 0 Å². The summed E-state index contributed by atoms with van der Waals surface area (Å²) in [7, 11) is 3.41. The van der Waals surface area contributed by atoms with Crippen molar-refractivity contribution in [2.45, 2.75) is 6.54 Å². The Bertz CT molecular complexity index is 350. The molecule has 7 heteroatoms. The first-order valence-electron chi connectivity index (χ1n) is 4.24. The van der Waals surface area contributed by atoms with Gasteiger partial charge in [-0.3, -0.25) is 10.1 Å². The van der Waals surface area contributed by atoms with Crippen molar-refractivity contribution < 1.29 is 4.92 Å². The fourth-order valence-corrected chi connectivity index (χ4v) is 1.65. The van der Waals surface area contributed by atoms with Gasteiger partial charge in [0.2, 0.25) is 0 Å². The van der Waals surface area contributed by atoms with Crippen molar-refractivity contribution in [2.75, 3.05) is 14.1 Å². The summed E-state index contributed by atoms with van der Waals surface area (Å²) < 4.78 is 0. The van der Waals surface area contributed by atoms with Gasteiger partial charge in [-0.25, -0.2) is 4.98 Å². The summed E-state index contributed by atoms with van der Waals surface area (Å²) in [5.74, 6) is 0.452. The second-order valence-corrected chi connectivity index (χ2v) is 3.60. The standard InChI is InChI=1S/C8H12N4O2S/c1-9-8(4-12(13)14)11(2)3-7-5-15-6-10-7/h4-6,9H,3H2,1-2H3. The number of rotatable bonds is 5. The van der Waals surface area contributed by atoms with Crippen LogP contribution in [0, 0.1) is 10.1 Å². The fraction of sp³-hybridized carbons (Fsp3) is 0.375. The van der Waals surface area contributed by atoms with Crippen LogP contribution in [-0.2, 0) is 6.54 Å². The molecular formula is C8H12N4O2S. The van der Waals surface area contributed by atoms with Gasteiger partial charge in [0.25, 0.3) is 6.20 Å². The molecule has 1 aromatic rings. The van der Waals surface area contributed by atoms with Crippen LogP contribution in [0.1, 0.15) is 5.69 Å². The Morgan fingerprint density at radius 1 is 1.87 bits per heavy atom. The molecule has 0 aliphatic rings. The molecule has 1 aromatic heterocycles. The third-order valence-corrected chi connectivity index (χ3v) is 2.41. The lowest BCUT2D eigenvalue weighted by molar-refractivity contribution is -0.404. The first-order chi connectivity index (χ1) is 7.13. The van der Waals surface area contributed by atoms with Crippen LogP contribution in [0.3, 0.4) is 0 Å². The molecule has 0 amide bonds. The van der Waals surface area contributed by atoms with Crippen molar-refractivity contribution in [3.63, 3.8) is 0 Å². The molecule has 0 atom stereocenters. The van der Waals surface area contributed by atoms with Crippen molar-refractivity contribution in [1.29, 1.82) is 0 Å². The maximum absolute atomic E-state index is 10.3. The minimum absolute atomic E-state index is 0.452. The lowest BCUT2D eigenvalue weighted by atomic mass is 10.4. The van der Waals surface area contributed by atoms with Gasteiger partial charge in [0, 0.05) is 19.5 Å². The molecule has 0 saturated heterocycles. The van der Waals surface area contributed by atoms with Gasteiger partial charge in [-0.05, 0) is 0 Å². The normalized spacial score (nSPS) is 11.2. The summed E-state index contributed by atoms with van der Waals surface area (Å²) in [4.78, 5) is 15.7. The summed E-state index contributed by atoms with van der Waals surface area (Å²) in [6, 6.07) is 0. The highest BCUT2D eigenvalue weighted by molar-refractivity contribution is 7.07. The Morgan fingerprint density at radius 3 is 3.07 bits per heavy atom. The molecule has 1 N–H and O–H groups in total. The van der Waals surface area contributed by atoms with E-state index in [1.807, 2.05) is 5.38 Å². The molecule has 6 nitrogen and oxygen atoms in total. The third kappa shape index (κ3) is 3.55. The van der Waals surface area contributed by atoms with Gasteiger partial charge in [-0.15, -0.1) is 11.3 Å². The summed E-state index contributed by atoms with van der Waals surface area (Å²) >= 11 is 1.50. The fourth-order valence-electron chi connectivity index (χ4n) is 1.10. The predicted molar refractivity (Wildman–Crippen MR) is 57.7 cm³/mol. The van der Waals surface area contributed by atoms with Crippen LogP contribution in [-0.4, -0.2) is 28.9 Å². The molecule has 0 saturated carbocycles. The Morgan fingerprint density at radius 2 is 2.60 bits per heavy atom. The zero-order valence-electron chi connectivity index (χ0n) is 8.51. The lowest BCUT2D eigenvalue weighted by Crippen LogP contribution is -2.26. The van der Waals surface area contributed by atoms with E-state index in [1.54, 1.807) is 24.5 Å². The minimum Gasteiger partial charge on any atom is -0.370 e. The van der Waals surface area contributed by atoms with Gasteiger partial charge in [-0.1, -0.05) is 0 Å². The van der Waals surface area contributed by atoms with Crippen LogP contribution in [0.2, 0.25) is 0 Å². The van der Waals surface area contributed by atoms with Crippen LogP contribution < -0.4 is 5.32 Å². The lowest BCUT2D eigenvalue weighted by Gasteiger charge is -2.18. The minimum atomic E-state index is -0.483. The molecule has 1 rings (SSSR count). The van der Waals surface area contributed by atoms with Gasteiger partial charge in [0.05, 0.1) is 22.7 Å². The maximum atomic E-state index is 10.3. The van der Waals surface area contributed by atoms with E-state index in [-0.39, 0.29) is 0 Å². The topological polar surface area (TPSA) is 71.3 Å². The van der Waals surface area contributed by atoms with Gasteiger partial charge in [-0.2, -0.15) is 0 Å². The number of nitro groups is 1. The van der Waals surface area contributed by atoms with Crippen LogP contribution in [0.4, 0.5) is 0 Å². The molecule has 1 heterocycles. The van der Waals surface area contributed by atoms with Crippen molar-refractivity contribution >= 4 is 11.3 Å². The van der Waals surface area contributed by atoms with E-state index in [2.05, 4.69) is 10.3 Å². The Labute approximate surface area is 91.4 Å². The van der Waals surface area contributed by atoms with E-state index in [4.69, 9.17) is 0 Å². The summed E-state index contributed by atoms with van der Waals surface area (Å²) in [5.41, 5.74) is 2.63. The highest BCUT2D eigenvalue weighted by atomic mass is 32.1. The molecule has 0 fully saturated rings. The molecule has 0 aromatic carbocycles. The zero-order chi connectivity index (χ0) is 11.3. The van der Waals surface area contributed by atoms with Crippen LogP contribution in [0.5, 0.6) is 0 Å². The molecule has 0 bridgehead atoms. The quantitative estimate of drug-likeness (QED) is 0.598. The summed E-state index contributed by atoms with van der Waals surface area (Å²) in [6.45, 7) is 0.546. The Kier molecular flexibility index (Phi) is 4.04. The second kappa shape index (κ2) is 5.30. The number of hydrogen-bond acceptors (Lipinski definition) is 6. The Balaban J connectivity index is 2.66. The molecule has 0 unspecified atom stereocenters. The van der Waals surface area contributed by atoms with Gasteiger partial charge in [0.15, 0.2) is 5.82 Å². The number of hydrogen-bond donors (Lipinski definition) is 1. The van der Waals surface area contributed by atoms with Gasteiger partial charge in [0.1, 0.15) is 0 Å². The van der Waals surface area contributed by atoms with Crippen LogP contribution >= 0.6 is 11.3 Å². The number of thiazole rings is 1. The monoisotopic (exact) mass is 228 g/mol. The highest BCUT2D eigenvalue weighted by Crippen LogP contribution is 2.07. The van der Waals surface area contributed by atoms with Gasteiger partial charge >= 0.3 is 0 Å². The van der Waals surface area contributed by atoms with E-state index in [0.717, 1.165) is 11.9 Å². The largest absolute Gasteiger partial charge is 0.370 e. The van der Waals surface area contributed by atoms with E-state index in [1.165, 1.54) is 11.3 Å². The van der Waals surface area contributed by atoms with E-state index < -0.39 is 4.92 Å². The van der Waals surface area contributed by atoms with Crippen molar-refractivity contribution in [3.05, 3.63) is 38.7 Å². The van der Waals surface area contributed by atoms with Gasteiger partial charge < -0.3 is 10.2 Å². The number of nitrogens with one attached hydrogen (secondary N) is 1. The molecule has 0 spiro atoms. The molecule has 0 aliphatic carbocycles. The second-order valence-electron chi connectivity index (χ2n) is 2.89. The number of aromatic nitrogens is 1. The first-order valence-corrected chi connectivity index (χ1v) is 5.19. The Hall–Kier alpha value is -1.63. The third-order valence-electron chi connectivity index (χ3n) is 1.78. The maximum Gasteiger partial charge on any atom is 0.274 e. The van der Waals surface area contributed by atoms with Crippen LogP contribution in [0.15, 0.2) is 22.9 Å². The average Bonchev–Trinajstić information content (AvgIpc) is 2.66. The summed E-state index contributed by atoms with van der Waals surface area (Å²) in [6.07, 6.45) is 0.937. The molecule has 0 radical (unpaired) electrons. The predicted octanol–water partition coefficient (Wildman–Crippen LogP) is 0.870. The highest BCUT2D eigenvalue weighted by Gasteiger charge is 2.08. The SMILES string of the molecule is CNC(=C[N+](=O)[O-])N(C)Cc1cscn1. The zero-order valence-corrected chi connectivity index (χ0v) is 9.32. The van der Waals surface area contributed by atoms with E-state index >= 15 is 0 Å². The smallest absolute Gasteiger partial charge is 0.274 e. The van der Waals surface area contributed by atoms with E-state index in [9.17, 15) is 10.1 Å². The number of nitrogens with zero attached hydrogens (tertiary/aromatic N) is 3. The van der Waals surface area contributed by atoms with Crippen molar-refractivity contribution in [3.8, 4) is 0 Å².